The highest BCUT2D eigenvalue weighted by atomic mass is 16.4. The van der Waals surface area contributed by atoms with Crippen LogP contribution in [-0.4, -0.2) is 41.8 Å². The van der Waals surface area contributed by atoms with Crippen LogP contribution in [0.3, 0.4) is 0 Å². The molecule has 0 aliphatic carbocycles. The van der Waals surface area contributed by atoms with Crippen LogP contribution >= 0.6 is 0 Å². The summed E-state index contributed by atoms with van der Waals surface area (Å²) in [6.45, 7) is -0.167. The maximum Gasteiger partial charge on any atom is 0.377 e. The molecule has 7 nitrogen and oxygen atoms in total. The standard InChI is InChI=1S/C12H10N2O5/c15-9-6-14(10(16)5-13-9)8-3-1-7(2-4-8)11(17)12(18)19/h1-4H,5-6H2,(H,13,15)(H,18,19). The third-order valence-corrected chi connectivity index (χ3v) is 2.67. The third kappa shape index (κ3) is 2.59. The number of Topliss-reactive ketones (excluding diaryl/α,β-unsaturated/α-hetero) is 1. The fourth-order valence-electron chi connectivity index (χ4n) is 1.71. The predicted octanol–water partition coefficient (Wildman–Crippen LogP) is -0.583. The zero-order chi connectivity index (χ0) is 14.0. The fourth-order valence-corrected chi connectivity index (χ4v) is 1.71. The minimum absolute atomic E-state index is 0.0187. The molecule has 1 aliphatic rings. The molecule has 2 rings (SSSR count). The third-order valence-electron chi connectivity index (χ3n) is 2.67. The average molecular weight is 262 g/mol. The summed E-state index contributed by atoms with van der Waals surface area (Å²) in [5.41, 5.74) is 0.465. The van der Waals surface area contributed by atoms with Crippen molar-refractivity contribution in [2.45, 2.75) is 0 Å². The van der Waals surface area contributed by atoms with Crippen LogP contribution in [0.2, 0.25) is 0 Å². The van der Waals surface area contributed by atoms with Gasteiger partial charge in [-0.25, -0.2) is 4.79 Å². The van der Waals surface area contributed by atoms with E-state index >= 15 is 0 Å². The minimum atomic E-state index is -1.54. The van der Waals surface area contributed by atoms with Gasteiger partial charge in [0.15, 0.2) is 0 Å². The number of ketones is 1. The van der Waals surface area contributed by atoms with Crippen molar-refractivity contribution in [1.29, 1.82) is 0 Å². The normalized spacial score (nSPS) is 15.1. The van der Waals surface area contributed by atoms with E-state index in [9.17, 15) is 19.2 Å². The van der Waals surface area contributed by atoms with Crippen molar-refractivity contribution in [3.63, 3.8) is 0 Å². The molecule has 19 heavy (non-hydrogen) atoms. The number of aliphatic carboxylic acids is 1. The van der Waals surface area contributed by atoms with Crippen LogP contribution in [0, 0.1) is 0 Å². The van der Waals surface area contributed by atoms with E-state index < -0.39 is 11.8 Å². The molecule has 1 aromatic rings. The molecule has 1 heterocycles. The first-order chi connectivity index (χ1) is 8.99. The van der Waals surface area contributed by atoms with Gasteiger partial charge in [-0.3, -0.25) is 14.4 Å². The largest absolute Gasteiger partial charge is 0.475 e. The number of carbonyl (C=O) groups is 4. The van der Waals surface area contributed by atoms with Gasteiger partial charge in [-0.2, -0.15) is 0 Å². The van der Waals surface area contributed by atoms with E-state index in [-0.39, 0.29) is 30.5 Å². The van der Waals surface area contributed by atoms with E-state index in [2.05, 4.69) is 5.32 Å². The first kappa shape index (κ1) is 12.7. The Balaban J connectivity index is 2.22. The summed E-state index contributed by atoms with van der Waals surface area (Å²) in [6, 6.07) is 5.50. The van der Waals surface area contributed by atoms with E-state index in [1.165, 1.54) is 29.2 Å². The zero-order valence-corrected chi connectivity index (χ0v) is 9.75. The van der Waals surface area contributed by atoms with Crippen LogP contribution in [0.4, 0.5) is 5.69 Å². The molecule has 0 saturated carbocycles. The summed E-state index contributed by atoms with van der Waals surface area (Å²) in [6.07, 6.45) is 0. The highest BCUT2D eigenvalue weighted by Gasteiger charge is 2.24. The molecule has 1 saturated heterocycles. The molecule has 0 aromatic heterocycles. The summed E-state index contributed by atoms with van der Waals surface area (Å²) in [7, 11) is 0. The summed E-state index contributed by atoms with van der Waals surface area (Å²) in [4.78, 5) is 45.8. The molecular formula is C12H10N2O5. The maximum atomic E-state index is 11.6. The van der Waals surface area contributed by atoms with Crippen LogP contribution < -0.4 is 10.2 Å². The van der Waals surface area contributed by atoms with Crippen LogP contribution in [0.15, 0.2) is 24.3 Å². The molecule has 2 amide bonds. The number of amides is 2. The Morgan fingerprint density at radius 3 is 2.37 bits per heavy atom. The highest BCUT2D eigenvalue weighted by molar-refractivity contribution is 6.39. The number of piperazine rings is 1. The minimum Gasteiger partial charge on any atom is -0.475 e. The fraction of sp³-hybridized carbons (Fsp3) is 0.167. The van der Waals surface area contributed by atoms with Gasteiger partial charge in [0, 0.05) is 11.3 Å². The number of hydrogen-bond acceptors (Lipinski definition) is 4. The van der Waals surface area contributed by atoms with E-state index in [0.717, 1.165) is 0 Å². The van der Waals surface area contributed by atoms with Crippen molar-refractivity contribution in [1.82, 2.24) is 5.32 Å². The Morgan fingerprint density at radius 2 is 1.79 bits per heavy atom. The van der Waals surface area contributed by atoms with Crippen molar-refractivity contribution < 1.29 is 24.3 Å². The van der Waals surface area contributed by atoms with Crippen molar-refractivity contribution in [2.75, 3.05) is 18.0 Å². The molecule has 0 spiro atoms. The van der Waals surface area contributed by atoms with Gasteiger partial charge in [0.25, 0.3) is 5.78 Å². The highest BCUT2D eigenvalue weighted by Crippen LogP contribution is 2.17. The number of nitrogens with zero attached hydrogens (tertiary/aromatic N) is 1. The molecule has 1 aliphatic heterocycles. The van der Waals surface area contributed by atoms with Crippen molar-refractivity contribution in [3.8, 4) is 0 Å². The number of hydrogen-bond donors (Lipinski definition) is 2. The number of carboxylic acid groups (broad SMARTS) is 1. The molecular weight excluding hydrogens is 252 g/mol. The van der Waals surface area contributed by atoms with Crippen molar-refractivity contribution in [2.24, 2.45) is 0 Å². The number of benzene rings is 1. The molecule has 1 aromatic carbocycles. The summed E-state index contributed by atoms with van der Waals surface area (Å²) >= 11 is 0. The first-order valence-electron chi connectivity index (χ1n) is 5.44. The second kappa shape index (κ2) is 4.89. The van der Waals surface area contributed by atoms with Gasteiger partial charge in [0.1, 0.15) is 6.54 Å². The Bertz CT molecular complexity index is 564. The summed E-state index contributed by atoms with van der Waals surface area (Å²) in [5.74, 6) is -3.10. The first-order valence-corrected chi connectivity index (χ1v) is 5.44. The monoisotopic (exact) mass is 262 g/mol. The topological polar surface area (TPSA) is 104 Å². The van der Waals surface area contributed by atoms with E-state index in [4.69, 9.17) is 5.11 Å². The molecule has 98 valence electrons. The molecule has 0 radical (unpaired) electrons. The van der Waals surface area contributed by atoms with Crippen molar-refractivity contribution in [3.05, 3.63) is 29.8 Å². The lowest BCUT2D eigenvalue weighted by atomic mass is 10.1. The van der Waals surface area contributed by atoms with Gasteiger partial charge in [0.05, 0.1) is 6.54 Å². The Kier molecular flexibility index (Phi) is 3.28. The summed E-state index contributed by atoms with van der Waals surface area (Å²) < 4.78 is 0. The van der Waals surface area contributed by atoms with Crippen LogP contribution in [0.1, 0.15) is 10.4 Å². The number of anilines is 1. The van der Waals surface area contributed by atoms with Gasteiger partial charge in [-0.15, -0.1) is 0 Å². The quantitative estimate of drug-likeness (QED) is 0.560. The van der Waals surface area contributed by atoms with Crippen LogP contribution in [-0.2, 0) is 14.4 Å². The Labute approximate surface area is 107 Å². The predicted molar refractivity (Wildman–Crippen MR) is 63.8 cm³/mol. The number of rotatable bonds is 3. The zero-order valence-electron chi connectivity index (χ0n) is 9.75. The van der Waals surface area contributed by atoms with Crippen molar-refractivity contribution >= 4 is 29.3 Å². The number of nitrogens with one attached hydrogen (secondary N) is 1. The Hall–Kier alpha value is -2.70. The molecule has 1 fully saturated rings. The van der Waals surface area contributed by atoms with Gasteiger partial charge in [0.2, 0.25) is 11.8 Å². The SMILES string of the molecule is O=C1CN(c2ccc(C(=O)C(=O)O)cc2)C(=O)CN1. The second-order valence-electron chi connectivity index (χ2n) is 3.94. The van der Waals surface area contributed by atoms with Crippen LogP contribution in [0.25, 0.3) is 0 Å². The molecule has 0 unspecified atom stereocenters. The van der Waals surface area contributed by atoms with Crippen LogP contribution in [0.5, 0.6) is 0 Å². The van der Waals surface area contributed by atoms with E-state index in [1.807, 2.05) is 0 Å². The maximum absolute atomic E-state index is 11.6. The average Bonchev–Trinajstić information content (AvgIpc) is 2.41. The smallest absolute Gasteiger partial charge is 0.377 e. The molecule has 0 atom stereocenters. The van der Waals surface area contributed by atoms with Gasteiger partial charge in [-0.1, -0.05) is 0 Å². The number of carboxylic acids is 1. The van der Waals surface area contributed by atoms with Gasteiger partial charge < -0.3 is 15.3 Å². The lowest BCUT2D eigenvalue weighted by molar-refractivity contribution is -0.131. The van der Waals surface area contributed by atoms with E-state index in [1.54, 1.807) is 0 Å². The molecule has 0 bridgehead atoms. The second-order valence-corrected chi connectivity index (χ2v) is 3.94. The number of carbonyl (C=O) groups excluding carboxylic acids is 3. The molecule has 7 heteroatoms. The molecule has 2 N–H and O–H groups in total. The van der Waals surface area contributed by atoms with E-state index in [0.29, 0.717) is 5.69 Å². The lowest BCUT2D eigenvalue weighted by Gasteiger charge is -2.26. The summed E-state index contributed by atoms with van der Waals surface area (Å²) in [5, 5.41) is 11.0. The van der Waals surface area contributed by atoms with Gasteiger partial charge in [-0.05, 0) is 24.3 Å². The lowest BCUT2D eigenvalue weighted by Crippen LogP contribution is -2.51. The van der Waals surface area contributed by atoms with Gasteiger partial charge >= 0.3 is 5.97 Å². The Morgan fingerprint density at radius 1 is 1.16 bits per heavy atom.